The van der Waals surface area contributed by atoms with Gasteiger partial charge >= 0.3 is 11.9 Å². The van der Waals surface area contributed by atoms with Crippen molar-refractivity contribution in [2.75, 3.05) is 6.61 Å². The van der Waals surface area contributed by atoms with Crippen LogP contribution in [0.3, 0.4) is 0 Å². The summed E-state index contributed by atoms with van der Waals surface area (Å²) in [5, 5.41) is 17.5. The van der Waals surface area contributed by atoms with Gasteiger partial charge in [0.15, 0.2) is 11.9 Å². The summed E-state index contributed by atoms with van der Waals surface area (Å²) in [7, 11) is 0. The zero-order chi connectivity index (χ0) is 12.7. The molecule has 0 saturated heterocycles. The number of aliphatic hydroxyl groups excluding tert-OH is 1. The number of ether oxygens (including phenoxy) is 1. The van der Waals surface area contributed by atoms with Gasteiger partial charge in [-0.2, -0.15) is 0 Å². The lowest BCUT2D eigenvalue weighted by Gasteiger charge is -2.09. The van der Waals surface area contributed by atoms with Crippen LogP contribution in [0.5, 0.6) is 0 Å². The van der Waals surface area contributed by atoms with E-state index in [-0.39, 0.29) is 18.4 Å². The molecule has 6 heteroatoms. The van der Waals surface area contributed by atoms with Crippen molar-refractivity contribution in [3.05, 3.63) is 12.2 Å². The van der Waals surface area contributed by atoms with E-state index in [0.717, 1.165) is 0 Å². The van der Waals surface area contributed by atoms with Crippen LogP contribution in [0, 0.1) is 0 Å². The number of Topliss-reactive ketones (excluding diaryl/α,β-unsaturated/α-hetero) is 1. The predicted molar refractivity (Wildman–Crippen MR) is 53.7 cm³/mol. The van der Waals surface area contributed by atoms with Crippen molar-refractivity contribution in [2.45, 2.75) is 25.9 Å². The van der Waals surface area contributed by atoms with Crippen LogP contribution in [0.1, 0.15) is 19.8 Å². The number of carbonyl (C=O) groups excluding carboxylic acids is 2. The maximum absolute atomic E-state index is 11.1. The van der Waals surface area contributed by atoms with Crippen LogP contribution in [-0.4, -0.2) is 40.6 Å². The van der Waals surface area contributed by atoms with Crippen LogP contribution in [0.2, 0.25) is 0 Å². The Morgan fingerprint density at radius 1 is 1.31 bits per heavy atom. The summed E-state index contributed by atoms with van der Waals surface area (Å²) in [5.41, 5.74) is 0.161. The van der Waals surface area contributed by atoms with Gasteiger partial charge in [0.25, 0.3) is 0 Å². The van der Waals surface area contributed by atoms with Gasteiger partial charge < -0.3 is 14.9 Å². The largest absolute Gasteiger partial charge is 0.481 e. The predicted octanol–water partition coefficient (Wildman–Crippen LogP) is -0.0995. The van der Waals surface area contributed by atoms with Gasteiger partial charge in [0.1, 0.15) is 6.61 Å². The Balaban J connectivity index is 3.88. The number of rotatable bonds is 7. The number of carbonyl (C=O) groups is 3. The third kappa shape index (κ3) is 5.92. The Kier molecular flexibility index (Phi) is 6.02. The second-order valence-corrected chi connectivity index (χ2v) is 3.24. The molecule has 0 radical (unpaired) electrons. The molecule has 1 unspecified atom stereocenters. The van der Waals surface area contributed by atoms with Crippen LogP contribution < -0.4 is 0 Å². The molecule has 0 aromatic rings. The Bertz CT molecular complexity index is 306. The minimum absolute atomic E-state index is 0.161. The number of aliphatic hydroxyl groups is 1. The molecule has 0 heterocycles. The van der Waals surface area contributed by atoms with E-state index in [2.05, 4.69) is 11.3 Å². The van der Waals surface area contributed by atoms with Crippen molar-refractivity contribution in [1.82, 2.24) is 0 Å². The molecule has 0 fully saturated rings. The highest BCUT2D eigenvalue weighted by molar-refractivity contribution is 5.97. The smallest absolute Gasteiger partial charge is 0.306 e. The first-order valence-electron chi connectivity index (χ1n) is 4.59. The molecule has 1 atom stereocenters. The number of hydrogen-bond donors (Lipinski definition) is 2. The summed E-state index contributed by atoms with van der Waals surface area (Å²) in [5.74, 6) is -2.49. The van der Waals surface area contributed by atoms with E-state index < -0.39 is 30.4 Å². The highest BCUT2D eigenvalue weighted by Gasteiger charge is 2.17. The number of aliphatic carboxylic acids is 1. The van der Waals surface area contributed by atoms with Gasteiger partial charge in [-0.3, -0.25) is 14.4 Å². The SMILES string of the molecule is C=C(C)C(=O)C(O)COC(=O)CCC(=O)O. The van der Waals surface area contributed by atoms with E-state index >= 15 is 0 Å². The van der Waals surface area contributed by atoms with Gasteiger partial charge in [0.2, 0.25) is 0 Å². The molecule has 0 aliphatic heterocycles. The third-order valence-corrected chi connectivity index (χ3v) is 1.67. The quantitative estimate of drug-likeness (QED) is 0.468. The van der Waals surface area contributed by atoms with Crippen molar-refractivity contribution in [3.8, 4) is 0 Å². The maximum Gasteiger partial charge on any atom is 0.306 e. The Labute approximate surface area is 92.5 Å². The zero-order valence-electron chi connectivity index (χ0n) is 8.93. The van der Waals surface area contributed by atoms with Crippen LogP contribution in [0.4, 0.5) is 0 Å². The molecule has 16 heavy (non-hydrogen) atoms. The lowest BCUT2D eigenvalue weighted by atomic mass is 10.1. The van der Waals surface area contributed by atoms with Crippen molar-refractivity contribution in [2.24, 2.45) is 0 Å². The summed E-state index contributed by atoms with van der Waals surface area (Å²) in [6, 6.07) is 0. The molecule has 0 aliphatic carbocycles. The highest BCUT2D eigenvalue weighted by atomic mass is 16.5. The van der Waals surface area contributed by atoms with Gasteiger partial charge in [0, 0.05) is 0 Å². The fraction of sp³-hybridized carbons (Fsp3) is 0.500. The molecule has 0 amide bonds. The number of esters is 1. The van der Waals surface area contributed by atoms with E-state index in [1.807, 2.05) is 0 Å². The van der Waals surface area contributed by atoms with Crippen LogP contribution in [0.25, 0.3) is 0 Å². The Hall–Kier alpha value is -1.69. The Morgan fingerprint density at radius 2 is 1.88 bits per heavy atom. The minimum atomic E-state index is -1.44. The minimum Gasteiger partial charge on any atom is -0.481 e. The van der Waals surface area contributed by atoms with E-state index in [4.69, 9.17) is 5.11 Å². The average Bonchev–Trinajstić information content (AvgIpc) is 2.21. The molecular weight excluding hydrogens is 216 g/mol. The van der Waals surface area contributed by atoms with Crippen molar-refractivity contribution >= 4 is 17.7 Å². The normalized spacial score (nSPS) is 11.6. The van der Waals surface area contributed by atoms with E-state index in [1.54, 1.807) is 0 Å². The molecule has 0 spiro atoms. The standard InChI is InChI=1S/C10H14O6/c1-6(2)10(15)7(11)5-16-9(14)4-3-8(12)13/h7,11H,1,3-5H2,2H3,(H,12,13). The number of hydrogen-bond acceptors (Lipinski definition) is 5. The van der Waals surface area contributed by atoms with Crippen LogP contribution >= 0.6 is 0 Å². The maximum atomic E-state index is 11.1. The third-order valence-electron chi connectivity index (χ3n) is 1.67. The first kappa shape index (κ1) is 14.3. The van der Waals surface area contributed by atoms with E-state index in [1.165, 1.54) is 6.92 Å². The summed E-state index contributed by atoms with van der Waals surface area (Å²) < 4.78 is 4.51. The van der Waals surface area contributed by atoms with Gasteiger partial charge in [-0.15, -0.1) is 0 Å². The van der Waals surface area contributed by atoms with Gasteiger partial charge in [-0.05, 0) is 12.5 Å². The number of carboxylic acids is 1. The second-order valence-electron chi connectivity index (χ2n) is 3.24. The molecule has 90 valence electrons. The lowest BCUT2D eigenvalue weighted by molar-refractivity contribution is -0.151. The Morgan fingerprint density at radius 3 is 2.31 bits per heavy atom. The molecular formula is C10H14O6. The van der Waals surface area contributed by atoms with E-state index in [0.29, 0.717) is 0 Å². The first-order valence-corrected chi connectivity index (χ1v) is 4.59. The molecule has 0 rings (SSSR count). The second kappa shape index (κ2) is 6.73. The average molecular weight is 230 g/mol. The molecule has 2 N–H and O–H groups in total. The fourth-order valence-corrected chi connectivity index (χ4v) is 0.813. The van der Waals surface area contributed by atoms with Gasteiger partial charge in [-0.25, -0.2) is 0 Å². The topological polar surface area (TPSA) is 101 Å². The fourth-order valence-electron chi connectivity index (χ4n) is 0.813. The number of carboxylic acid groups (broad SMARTS) is 1. The van der Waals surface area contributed by atoms with Crippen LogP contribution in [-0.2, 0) is 19.1 Å². The van der Waals surface area contributed by atoms with Crippen molar-refractivity contribution < 1.29 is 29.3 Å². The van der Waals surface area contributed by atoms with Crippen molar-refractivity contribution in [1.29, 1.82) is 0 Å². The molecule has 0 saturated carbocycles. The number of ketones is 1. The lowest BCUT2D eigenvalue weighted by Crippen LogP contribution is -2.27. The van der Waals surface area contributed by atoms with Crippen molar-refractivity contribution in [3.63, 3.8) is 0 Å². The summed E-state index contributed by atoms with van der Waals surface area (Å²) in [4.78, 5) is 32.1. The zero-order valence-corrected chi connectivity index (χ0v) is 8.93. The molecule has 6 nitrogen and oxygen atoms in total. The first-order chi connectivity index (χ1) is 7.34. The summed E-state index contributed by atoms with van der Waals surface area (Å²) in [6.07, 6.45) is -2.07. The van der Waals surface area contributed by atoms with E-state index in [9.17, 15) is 19.5 Å². The van der Waals surface area contributed by atoms with Gasteiger partial charge in [-0.1, -0.05) is 6.58 Å². The molecule has 0 aromatic heterocycles. The summed E-state index contributed by atoms with van der Waals surface area (Å²) in [6.45, 7) is 4.28. The van der Waals surface area contributed by atoms with Gasteiger partial charge in [0.05, 0.1) is 12.8 Å². The molecule has 0 bridgehead atoms. The summed E-state index contributed by atoms with van der Waals surface area (Å²) >= 11 is 0. The molecule has 0 aliphatic rings. The monoisotopic (exact) mass is 230 g/mol. The highest BCUT2D eigenvalue weighted by Crippen LogP contribution is 1.99. The van der Waals surface area contributed by atoms with Crippen LogP contribution in [0.15, 0.2) is 12.2 Å². The molecule has 0 aromatic carbocycles.